The van der Waals surface area contributed by atoms with Crippen LogP contribution in [0.5, 0.6) is 5.88 Å². The number of aromatic nitrogens is 3. The third-order valence-electron chi connectivity index (χ3n) is 4.49. The maximum Gasteiger partial charge on any atom is 0.272 e. The minimum absolute atomic E-state index is 0.197. The Bertz CT molecular complexity index is 910. The molecule has 7 heteroatoms. The molecule has 1 amide bonds. The molecule has 4 rings (SSSR count). The van der Waals surface area contributed by atoms with E-state index < -0.39 is 0 Å². The van der Waals surface area contributed by atoms with E-state index in [4.69, 9.17) is 9.47 Å². The first-order chi connectivity index (χ1) is 12.7. The zero-order valence-electron chi connectivity index (χ0n) is 14.5. The smallest absolute Gasteiger partial charge is 0.272 e. The van der Waals surface area contributed by atoms with Gasteiger partial charge >= 0.3 is 0 Å². The van der Waals surface area contributed by atoms with Crippen molar-refractivity contribution in [3.63, 3.8) is 0 Å². The lowest BCUT2D eigenvalue weighted by Crippen LogP contribution is -2.52. The molecule has 1 aromatic carbocycles. The van der Waals surface area contributed by atoms with Crippen molar-refractivity contribution in [1.29, 1.82) is 0 Å². The van der Waals surface area contributed by atoms with Crippen LogP contribution in [0.15, 0.2) is 48.7 Å². The van der Waals surface area contributed by atoms with Crippen LogP contribution in [0.3, 0.4) is 0 Å². The average molecular weight is 352 g/mol. The highest BCUT2D eigenvalue weighted by molar-refractivity contribution is 6.04. The van der Waals surface area contributed by atoms with Crippen LogP contribution in [-0.2, 0) is 11.8 Å². The van der Waals surface area contributed by atoms with E-state index in [1.807, 2.05) is 43.4 Å². The Hall–Kier alpha value is -2.93. The fraction of sp³-hybridized carbons (Fsp3) is 0.316. The molecule has 3 aromatic rings. The van der Waals surface area contributed by atoms with Gasteiger partial charge in [0.05, 0.1) is 24.8 Å². The molecule has 2 atom stereocenters. The Kier molecular flexibility index (Phi) is 4.53. The lowest BCUT2D eigenvalue weighted by atomic mass is 10.1. The maximum atomic E-state index is 12.8. The van der Waals surface area contributed by atoms with E-state index in [2.05, 4.69) is 15.4 Å². The number of amides is 1. The molecule has 0 radical (unpaired) electrons. The molecule has 3 heterocycles. The maximum absolute atomic E-state index is 12.8. The van der Waals surface area contributed by atoms with Crippen molar-refractivity contribution < 1.29 is 14.3 Å². The lowest BCUT2D eigenvalue weighted by Gasteiger charge is -2.31. The van der Waals surface area contributed by atoms with Gasteiger partial charge in [-0.25, -0.2) is 4.98 Å². The first-order valence-electron chi connectivity index (χ1n) is 8.60. The van der Waals surface area contributed by atoms with Crippen LogP contribution in [0.1, 0.15) is 16.9 Å². The van der Waals surface area contributed by atoms with E-state index in [0.29, 0.717) is 31.2 Å². The number of fused-ring (bicyclic) bond motifs is 1. The van der Waals surface area contributed by atoms with Gasteiger partial charge in [0.15, 0.2) is 5.69 Å². The molecule has 1 N–H and O–H groups in total. The van der Waals surface area contributed by atoms with E-state index in [9.17, 15) is 4.79 Å². The molecule has 26 heavy (non-hydrogen) atoms. The lowest BCUT2D eigenvalue weighted by molar-refractivity contribution is -0.00453. The highest BCUT2D eigenvalue weighted by atomic mass is 16.5. The molecule has 0 unspecified atom stereocenters. The molecule has 0 spiro atoms. The van der Waals surface area contributed by atoms with Gasteiger partial charge in [-0.05, 0) is 12.1 Å². The number of para-hydroxylation sites is 1. The molecular weight excluding hydrogens is 332 g/mol. The third kappa shape index (κ3) is 3.25. The number of carbonyl (C=O) groups excluding carboxylic acids is 1. The van der Waals surface area contributed by atoms with Crippen molar-refractivity contribution in [2.75, 3.05) is 13.2 Å². The normalized spacial score (nSPS) is 20.0. The van der Waals surface area contributed by atoms with Crippen LogP contribution in [0.25, 0.3) is 10.9 Å². The molecule has 2 aromatic heterocycles. The van der Waals surface area contributed by atoms with Gasteiger partial charge in [0.1, 0.15) is 6.10 Å². The van der Waals surface area contributed by atoms with Crippen molar-refractivity contribution >= 4 is 16.8 Å². The Morgan fingerprint density at radius 3 is 2.96 bits per heavy atom. The summed E-state index contributed by atoms with van der Waals surface area (Å²) < 4.78 is 13.2. The van der Waals surface area contributed by atoms with E-state index >= 15 is 0 Å². The number of carbonyl (C=O) groups is 1. The first-order valence-corrected chi connectivity index (χ1v) is 8.60. The largest absolute Gasteiger partial charge is 0.472 e. The number of nitrogens with zero attached hydrogens (tertiary/aromatic N) is 3. The third-order valence-corrected chi connectivity index (χ3v) is 4.49. The zero-order chi connectivity index (χ0) is 17.9. The number of hydrogen-bond donors (Lipinski definition) is 1. The number of pyridine rings is 1. The predicted octanol–water partition coefficient (Wildman–Crippen LogP) is 1.93. The summed E-state index contributed by atoms with van der Waals surface area (Å²) in [4.78, 5) is 17.0. The summed E-state index contributed by atoms with van der Waals surface area (Å²) in [6, 6.07) is 12.9. The van der Waals surface area contributed by atoms with E-state index in [-0.39, 0.29) is 18.1 Å². The number of aryl methyl sites for hydroxylation is 1. The summed E-state index contributed by atoms with van der Waals surface area (Å²) >= 11 is 0. The molecule has 0 bridgehead atoms. The predicted molar refractivity (Wildman–Crippen MR) is 96.1 cm³/mol. The van der Waals surface area contributed by atoms with E-state index in [1.54, 1.807) is 16.9 Å². The topological polar surface area (TPSA) is 78.3 Å². The Morgan fingerprint density at radius 2 is 2.12 bits per heavy atom. The standard InChI is InChI=1S/C19H20N4O3/c1-23-15-7-3-2-6-13(15)18(22-23)19(24)21-14-12-25-11-9-16(14)26-17-8-4-5-10-20-17/h2-8,10,14,16H,9,11-12H2,1H3,(H,21,24)/t14-,16-/m1/s1. The summed E-state index contributed by atoms with van der Waals surface area (Å²) in [6.45, 7) is 0.990. The molecular formula is C19H20N4O3. The molecule has 0 saturated carbocycles. The Labute approximate surface area is 150 Å². The quantitative estimate of drug-likeness (QED) is 0.776. The molecule has 1 aliphatic rings. The second kappa shape index (κ2) is 7.13. The molecule has 0 aliphatic carbocycles. The SMILES string of the molecule is Cn1nc(C(=O)N[C@@H]2COCC[C@H]2Oc2ccccn2)c2ccccc21. The van der Waals surface area contributed by atoms with Gasteiger partial charge in [0, 0.05) is 31.1 Å². The highest BCUT2D eigenvalue weighted by Crippen LogP contribution is 2.19. The number of benzene rings is 1. The number of nitrogens with one attached hydrogen (secondary N) is 1. The van der Waals surface area contributed by atoms with Crippen LogP contribution >= 0.6 is 0 Å². The van der Waals surface area contributed by atoms with Crippen molar-refractivity contribution in [3.8, 4) is 5.88 Å². The second-order valence-corrected chi connectivity index (χ2v) is 6.26. The van der Waals surface area contributed by atoms with Gasteiger partial charge in [-0.2, -0.15) is 5.10 Å². The number of ether oxygens (including phenoxy) is 2. The van der Waals surface area contributed by atoms with Gasteiger partial charge in [-0.15, -0.1) is 0 Å². The number of hydrogen-bond acceptors (Lipinski definition) is 5. The second-order valence-electron chi connectivity index (χ2n) is 6.26. The van der Waals surface area contributed by atoms with E-state index in [1.165, 1.54) is 0 Å². The van der Waals surface area contributed by atoms with Crippen LogP contribution in [0.2, 0.25) is 0 Å². The number of rotatable bonds is 4. The summed E-state index contributed by atoms with van der Waals surface area (Å²) in [5.41, 5.74) is 1.32. The van der Waals surface area contributed by atoms with Gasteiger partial charge in [0.2, 0.25) is 5.88 Å². The minimum Gasteiger partial charge on any atom is -0.472 e. The molecule has 134 valence electrons. The van der Waals surface area contributed by atoms with Crippen molar-refractivity contribution in [2.24, 2.45) is 7.05 Å². The Morgan fingerprint density at radius 1 is 1.27 bits per heavy atom. The van der Waals surface area contributed by atoms with Crippen LogP contribution in [0.4, 0.5) is 0 Å². The Balaban J connectivity index is 1.53. The van der Waals surface area contributed by atoms with Crippen molar-refractivity contribution in [1.82, 2.24) is 20.1 Å². The van der Waals surface area contributed by atoms with Crippen LogP contribution in [-0.4, -0.2) is 46.0 Å². The van der Waals surface area contributed by atoms with Crippen molar-refractivity contribution in [3.05, 3.63) is 54.4 Å². The molecule has 1 aliphatic heterocycles. The van der Waals surface area contributed by atoms with E-state index in [0.717, 1.165) is 10.9 Å². The fourth-order valence-corrected chi connectivity index (χ4v) is 3.18. The van der Waals surface area contributed by atoms with Gasteiger partial charge < -0.3 is 14.8 Å². The van der Waals surface area contributed by atoms with Crippen molar-refractivity contribution in [2.45, 2.75) is 18.6 Å². The monoisotopic (exact) mass is 352 g/mol. The molecule has 1 fully saturated rings. The summed E-state index contributed by atoms with van der Waals surface area (Å²) in [5.74, 6) is 0.314. The summed E-state index contributed by atoms with van der Waals surface area (Å²) in [5, 5.41) is 8.22. The fourth-order valence-electron chi connectivity index (χ4n) is 3.18. The summed E-state index contributed by atoms with van der Waals surface area (Å²) in [7, 11) is 1.83. The van der Waals surface area contributed by atoms with Gasteiger partial charge in [0.25, 0.3) is 5.91 Å². The zero-order valence-corrected chi connectivity index (χ0v) is 14.5. The first kappa shape index (κ1) is 16.5. The van der Waals surface area contributed by atoms with Gasteiger partial charge in [-0.3, -0.25) is 9.48 Å². The average Bonchev–Trinajstić information content (AvgIpc) is 3.01. The van der Waals surface area contributed by atoms with Gasteiger partial charge in [-0.1, -0.05) is 24.3 Å². The molecule has 7 nitrogen and oxygen atoms in total. The minimum atomic E-state index is -0.265. The van der Waals surface area contributed by atoms with Crippen LogP contribution < -0.4 is 10.1 Å². The summed E-state index contributed by atoms with van der Waals surface area (Å²) in [6.07, 6.45) is 2.17. The molecule has 1 saturated heterocycles. The van der Waals surface area contributed by atoms with Crippen LogP contribution in [0, 0.1) is 0 Å². The highest BCUT2D eigenvalue weighted by Gasteiger charge is 2.30.